The predicted molar refractivity (Wildman–Crippen MR) is 83.2 cm³/mol. The highest BCUT2D eigenvalue weighted by Crippen LogP contribution is 2.23. The van der Waals surface area contributed by atoms with Crippen LogP contribution in [0.4, 0.5) is 5.69 Å². The lowest BCUT2D eigenvalue weighted by molar-refractivity contribution is -0.128. The van der Waals surface area contributed by atoms with E-state index >= 15 is 0 Å². The fourth-order valence-corrected chi connectivity index (χ4v) is 1.80. The van der Waals surface area contributed by atoms with Gasteiger partial charge in [-0.25, -0.2) is 0 Å². The van der Waals surface area contributed by atoms with Gasteiger partial charge in [0.15, 0.2) is 0 Å². The SMILES string of the molecule is C=C(C)COc1ccccc1NCC(=O)N(CC)CC. The monoisotopic (exact) mass is 276 g/mol. The molecule has 1 N–H and O–H groups in total. The number of nitrogens with zero attached hydrogens (tertiary/aromatic N) is 1. The molecule has 1 aromatic carbocycles. The van der Waals surface area contributed by atoms with Gasteiger partial charge in [-0.05, 0) is 38.5 Å². The van der Waals surface area contributed by atoms with Crippen molar-refractivity contribution in [2.75, 3.05) is 31.6 Å². The molecule has 0 spiro atoms. The van der Waals surface area contributed by atoms with Crippen molar-refractivity contribution in [2.24, 2.45) is 0 Å². The molecule has 0 aromatic heterocycles. The summed E-state index contributed by atoms with van der Waals surface area (Å²) in [5.41, 5.74) is 1.79. The molecule has 0 heterocycles. The van der Waals surface area contributed by atoms with E-state index in [0.717, 1.165) is 30.1 Å². The number of carbonyl (C=O) groups excluding carboxylic acids is 1. The van der Waals surface area contributed by atoms with Gasteiger partial charge in [-0.3, -0.25) is 4.79 Å². The second kappa shape index (κ2) is 8.25. The van der Waals surface area contributed by atoms with Crippen LogP contribution < -0.4 is 10.1 Å². The molecule has 1 rings (SSSR count). The summed E-state index contributed by atoms with van der Waals surface area (Å²) in [4.78, 5) is 13.8. The summed E-state index contributed by atoms with van der Waals surface area (Å²) >= 11 is 0. The molecule has 1 aromatic rings. The van der Waals surface area contributed by atoms with Crippen molar-refractivity contribution >= 4 is 11.6 Å². The molecule has 0 saturated heterocycles. The third kappa shape index (κ3) is 4.96. The van der Waals surface area contributed by atoms with Crippen molar-refractivity contribution in [1.29, 1.82) is 0 Å². The van der Waals surface area contributed by atoms with Crippen molar-refractivity contribution in [3.63, 3.8) is 0 Å². The molecular weight excluding hydrogens is 252 g/mol. The second-order valence-electron chi connectivity index (χ2n) is 4.66. The maximum absolute atomic E-state index is 12.0. The number of hydrogen-bond donors (Lipinski definition) is 1. The highest BCUT2D eigenvalue weighted by Gasteiger charge is 2.10. The first-order chi connectivity index (χ1) is 9.58. The highest BCUT2D eigenvalue weighted by atomic mass is 16.5. The van der Waals surface area contributed by atoms with E-state index in [2.05, 4.69) is 11.9 Å². The topological polar surface area (TPSA) is 41.6 Å². The van der Waals surface area contributed by atoms with Crippen LogP contribution in [0.15, 0.2) is 36.4 Å². The molecule has 0 fully saturated rings. The molecule has 110 valence electrons. The average Bonchev–Trinajstić information content (AvgIpc) is 2.45. The summed E-state index contributed by atoms with van der Waals surface area (Å²) < 4.78 is 5.66. The zero-order chi connectivity index (χ0) is 15.0. The molecule has 0 atom stereocenters. The average molecular weight is 276 g/mol. The maximum Gasteiger partial charge on any atom is 0.241 e. The summed E-state index contributed by atoms with van der Waals surface area (Å²) in [6, 6.07) is 7.61. The van der Waals surface area contributed by atoms with E-state index in [-0.39, 0.29) is 12.5 Å². The summed E-state index contributed by atoms with van der Waals surface area (Å²) in [6.07, 6.45) is 0. The highest BCUT2D eigenvalue weighted by molar-refractivity contribution is 5.81. The maximum atomic E-state index is 12.0. The number of rotatable bonds is 8. The van der Waals surface area contributed by atoms with E-state index in [0.29, 0.717) is 6.61 Å². The van der Waals surface area contributed by atoms with Gasteiger partial charge >= 0.3 is 0 Å². The Morgan fingerprint density at radius 1 is 1.30 bits per heavy atom. The Bertz CT molecular complexity index is 454. The molecule has 0 aliphatic heterocycles. The lowest BCUT2D eigenvalue weighted by atomic mass is 10.3. The number of nitrogens with one attached hydrogen (secondary N) is 1. The summed E-state index contributed by atoms with van der Waals surface area (Å²) in [5.74, 6) is 0.826. The van der Waals surface area contributed by atoms with E-state index < -0.39 is 0 Å². The Labute approximate surface area is 121 Å². The lowest BCUT2D eigenvalue weighted by Crippen LogP contribution is -2.35. The van der Waals surface area contributed by atoms with E-state index in [1.165, 1.54) is 0 Å². The van der Waals surface area contributed by atoms with Crippen LogP contribution >= 0.6 is 0 Å². The largest absolute Gasteiger partial charge is 0.487 e. The Hall–Kier alpha value is -1.97. The van der Waals surface area contributed by atoms with Crippen molar-refractivity contribution in [3.8, 4) is 5.75 Å². The van der Waals surface area contributed by atoms with Crippen LogP contribution in [0, 0.1) is 0 Å². The predicted octanol–water partition coefficient (Wildman–Crippen LogP) is 2.92. The molecule has 20 heavy (non-hydrogen) atoms. The van der Waals surface area contributed by atoms with Crippen LogP contribution in [0.1, 0.15) is 20.8 Å². The van der Waals surface area contributed by atoms with Crippen molar-refractivity contribution in [2.45, 2.75) is 20.8 Å². The van der Waals surface area contributed by atoms with Gasteiger partial charge < -0.3 is 15.0 Å². The summed E-state index contributed by atoms with van der Waals surface area (Å²) in [7, 11) is 0. The fourth-order valence-electron chi connectivity index (χ4n) is 1.80. The molecule has 0 aliphatic rings. The number of likely N-dealkylation sites (N-methyl/N-ethyl adjacent to an activating group) is 1. The van der Waals surface area contributed by atoms with Crippen LogP contribution in [0.3, 0.4) is 0 Å². The van der Waals surface area contributed by atoms with Crippen molar-refractivity contribution in [1.82, 2.24) is 4.90 Å². The zero-order valence-corrected chi connectivity index (χ0v) is 12.6. The normalized spacial score (nSPS) is 9.95. The van der Waals surface area contributed by atoms with Gasteiger partial charge in [0.25, 0.3) is 0 Å². The van der Waals surface area contributed by atoms with Gasteiger partial charge in [0, 0.05) is 13.1 Å². The quantitative estimate of drug-likeness (QED) is 0.742. The standard InChI is InChI=1S/C16H24N2O2/c1-5-18(6-2)16(19)11-17-14-9-7-8-10-15(14)20-12-13(3)4/h7-10,17H,3,5-6,11-12H2,1-2,4H3. The minimum Gasteiger partial charge on any atom is -0.487 e. The summed E-state index contributed by atoms with van der Waals surface area (Å²) in [6.45, 7) is 11.9. The Balaban J connectivity index is 2.63. The van der Waals surface area contributed by atoms with Gasteiger partial charge in [0.2, 0.25) is 5.91 Å². The zero-order valence-electron chi connectivity index (χ0n) is 12.6. The molecule has 0 aliphatic carbocycles. The Morgan fingerprint density at radius 2 is 1.95 bits per heavy atom. The number of amides is 1. The first-order valence-corrected chi connectivity index (χ1v) is 6.96. The van der Waals surface area contributed by atoms with E-state index in [1.807, 2.05) is 45.0 Å². The third-order valence-corrected chi connectivity index (χ3v) is 2.91. The first kappa shape index (κ1) is 16.1. The second-order valence-corrected chi connectivity index (χ2v) is 4.66. The molecule has 1 amide bonds. The molecule has 4 heteroatoms. The molecular formula is C16H24N2O2. The number of para-hydroxylation sites is 2. The molecule has 0 saturated carbocycles. The minimum atomic E-state index is 0.0877. The number of ether oxygens (including phenoxy) is 1. The molecule has 0 unspecified atom stereocenters. The Kier molecular flexibility index (Phi) is 6.64. The van der Waals surface area contributed by atoms with Crippen molar-refractivity contribution in [3.05, 3.63) is 36.4 Å². The Morgan fingerprint density at radius 3 is 2.55 bits per heavy atom. The van der Waals surface area contributed by atoms with Crippen LogP contribution in [-0.2, 0) is 4.79 Å². The van der Waals surface area contributed by atoms with Crippen LogP contribution in [0.25, 0.3) is 0 Å². The third-order valence-electron chi connectivity index (χ3n) is 2.91. The van der Waals surface area contributed by atoms with E-state index in [1.54, 1.807) is 4.90 Å². The molecule has 0 radical (unpaired) electrons. The van der Waals surface area contributed by atoms with Gasteiger partial charge in [-0.2, -0.15) is 0 Å². The van der Waals surface area contributed by atoms with Crippen molar-refractivity contribution < 1.29 is 9.53 Å². The number of benzene rings is 1. The van der Waals surface area contributed by atoms with E-state index in [4.69, 9.17) is 4.74 Å². The molecule has 0 bridgehead atoms. The summed E-state index contributed by atoms with van der Waals surface area (Å²) in [5, 5.41) is 3.14. The van der Waals surface area contributed by atoms with Crippen LogP contribution in [0.5, 0.6) is 5.75 Å². The van der Waals surface area contributed by atoms with Gasteiger partial charge in [0.1, 0.15) is 12.4 Å². The fraction of sp³-hybridized carbons (Fsp3) is 0.438. The smallest absolute Gasteiger partial charge is 0.241 e. The minimum absolute atomic E-state index is 0.0877. The number of anilines is 1. The lowest BCUT2D eigenvalue weighted by Gasteiger charge is -2.20. The number of carbonyl (C=O) groups is 1. The van der Waals surface area contributed by atoms with Crippen LogP contribution in [0.2, 0.25) is 0 Å². The molecule has 4 nitrogen and oxygen atoms in total. The van der Waals surface area contributed by atoms with Gasteiger partial charge in [0.05, 0.1) is 12.2 Å². The van der Waals surface area contributed by atoms with Gasteiger partial charge in [-0.1, -0.05) is 18.7 Å². The first-order valence-electron chi connectivity index (χ1n) is 6.96. The van der Waals surface area contributed by atoms with Crippen LogP contribution in [-0.4, -0.2) is 37.0 Å². The number of hydrogen-bond acceptors (Lipinski definition) is 3. The van der Waals surface area contributed by atoms with Gasteiger partial charge in [-0.15, -0.1) is 0 Å². The van der Waals surface area contributed by atoms with E-state index in [9.17, 15) is 4.79 Å².